The quantitative estimate of drug-likeness (QED) is 0.835. The van der Waals surface area contributed by atoms with Crippen LogP contribution in [0, 0.1) is 13.8 Å². The fourth-order valence-corrected chi connectivity index (χ4v) is 4.30. The van der Waals surface area contributed by atoms with Crippen LogP contribution in [0.4, 0.5) is 0 Å². The summed E-state index contributed by atoms with van der Waals surface area (Å²) >= 11 is 1.88. The van der Waals surface area contributed by atoms with Crippen LogP contribution in [0.1, 0.15) is 29.5 Å². The van der Waals surface area contributed by atoms with Crippen molar-refractivity contribution in [2.45, 2.75) is 32.2 Å². The standard InChI is InChI=1S/C16H19NO2S/c1-10-3-4-12(11(2)9-10)13-14(18)16(17-15(13)19)5-7-20-8-6-16/h3-4,9,18H,5-8H2,1-2H3,(H,17,19). The number of hydrogen-bond acceptors (Lipinski definition) is 3. The molecule has 0 atom stereocenters. The minimum atomic E-state index is -0.519. The minimum absolute atomic E-state index is 0.138. The lowest BCUT2D eigenvalue weighted by Gasteiger charge is -2.33. The average molecular weight is 289 g/mol. The molecule has 0 aliphatic carbocycles. The first kappa shape index (κ1) is 13.6. The van der Waals surface area contributed by atoms with E-state index in [9.17, 15) is 9.90 Å². The fourth-order valence-electron chi connectivity index (χ4n) is 3.11. The highest BCUT2D eigenvalue weighted by molar-refractivity contribution is 7.99. The Morgan fingerprint density at radius 1 is 1.25 bits per heavy atom. The molecule has 106 valence electrons. The summed E-state index contributed by atoms with van der Waals surface area (Å²) in [5.74, 6) is 2.06. The zero-order chi connectivity index (χ0) is 14.3. The predicted molar refractivity (Wildman–Crippen MR) is 82.9 cm³/mol. The van der Waals surface area contributed by atoms with E-state index in [1.807, 2.05) is 43.8 Å². The molecule has 1 amide bonds. The zero-order valence-electron chi connectivity index (χ0n) is 11.8. The number of carbonyl (C=O) groups excluding carboxylic acids is 1. The normalized spacial score (nSPS) is 21.4. The highest BCUT2D eigenvalue weighted by Gasteiger charge is 2.46. The second-order valence-corrected chi connectivity index (χ2v) is 6.92. The van der Waals surface area contributed by atoms with E-state index in [0.717, 1.165) is 41.0 Å². The molecule has 2 heterocycles. The maximum Gasteiger partial charge on any atom is 0.256 e. The van der Waals surface area contributed by atoms with Crippen molar-refractivity contribution < 1.29 is 9.90 Å². The molecule has 2 aliphatic heterocycles. The number of rotatable bonds is 1. The summed E-state index contributed by atoms with van der Waals surface area (Å²) in [6.45, 7) is 4.01. The lowest BCUT2D eigenvalue weighted by Crippen LogP contribution is -2.47. The van der Waals surface area contributed by atoms with Crippen molar-refractivity contribution in [2.75, 3.05) is 11.5 Å². The lowest BCUT2D eigenvalue weighted by atomic mass is 9.89. The Labute approximate surface area is 123 Å². The van der Waals surface area contributed by atoms with Gasteiger partial charge in [0.2, 0.25) is 0 Å². The topological polar surface area (TPSA) is 49.3 Å². The molecular formula is C16H19NO2S. The van der Waals surface area contributed by atoms with Gasteiger partial charge in [0.15, 0.2) is 0 Å². The zero-order valence-corrected chi connectivity index (χ0v) is 12.6. The van der Waals surface area contributed by atoms with Gasteiger partial charge in [0.05, 0.1) is 11.1 Å². The highest BCUT2D eigenvalue weighted by Crippen LogP contribution is 2.40. The van der Waals surface area contributed by atoms with E-state index in [2.05, 4.69) is 5.32 Å². The molecule has 1 aromatic rings. The van der Waals surface area contributed by atoms with E-state index in [-0.39, 0.29) is 11.7 Å². The third-order valence-electron chi connectivity index (χ3n) is 4.27. The van der Waals surface area contributed by atoms with E-state index in [1.54, 1.807) is 0 Å². The van der Waals surface area contributed by atoms with E-state index in [0.29, 0.717) is 5.57 Å². The Morgan fingerprint density at radius 3 is 2.60 bits per heavy atom. The van der Waals surface area contributed by atoms with Gasteiger partial charge >= 0.3 is 0 Å². The Balaban J connectivity index is 2.09. The van der Waals surface area contributed by atoms with Crippen molar-refractivity contribution >= 4 is 23.2 Å². The van der Waals surface area contributed by atoms with Gasteiger partial charge in [-0.25, -0.2) is 0 Å². The molecule has 1 fully saturated rings. The molecule has 0 unspecified atom stereocenters. The third-order valence-corrected chi connectivity index (χ3v) is 5.25. The SMILES string of the molecule is Cc1ccc(C2=C(O)C3(CCSCC3)NC2=O)c(C)c1. The van der Waals surface area contributed by atoms with Crippen LogP contribution in [0.15, 0.2) is 24.0 Å². The summed E-state index contributed by atoms with van der Waals surface area (Å²) in [6, 6.07) is 5.97. The van der Waals surface area contributed by atoms with Crippen molar-refractivity contribution in [3.63, 3.8) is 0 Å². The molecule has 0 aromatic heterocycles. The maximum atomic E-state index is 12.4. The molecule has 3 nitrogen and oxygen atoms in total. The Morgan fingerprint density at radius 2 is 1.95 bits per heavy atom. The van der Waals surface area contributed by atoms with Gasteiger partial charge in [0, 0.05) is 0 Å². The second-order valence-electron chi connectivity index (χ2n) is 5.69. The van der Waals surface area contributed by atoms with Crippen molar-refractivity contribution in [1.29, 1.82) is 0 Å². The first-order valence-corrected chi connectivity index (χ1v) is 8.10. The van der Waals surface area contributed by atoms with Gasteiger partial charge in [0.25, 0.3) is 5.91 Å². The predicted octanol–water partition coefficient (Wildman–Crippen LogP) is 2.97. The second kappa shape index (κ2) is 4.85. The molecular weight excluding hydrogens is 270 g/mol. The van der Waals surface area contributed by atoms with E-state index in [1.165, 1.54) is 0 Å². The summed E-state index contributed by atoms with van der Waals surface area (Å²) in [5.41, 5.74) is 2.99. The van der Waals surface area contributed by atoms with Crippen molar-refractivity contribution in [1.82, 2.24) is 5.32 Å². The van der Waals surface area contributed by atoms with Crippen LogP contribution in [0.25, 0.3) is 5.57 Å². The Bertz CT molecular complexity index is 600. The summed E-state index contributed by atoms with van der Waals surface area (Å²) in [5, 5.41) is 13.7. The molecule has 0 radical (unpaired) electrons. The average Bonchev–Trinajstić information content (AvgIpc) is 2.63. The first-order valence-electron chi connectivity index (χ1n) is 6.95. The number of benzene rings is 1. The number of amides is 1. The maximum absolute atomic E-state index is 12.4. The van der Waals surface area contributed by atoms with Crippen molar-refractivity contribution in [2.24, 2.45) is 0 Å². The van der Waals surface area contributed by atoms with Crippen LogP contribution >= 0.6 is 11.8 Å². The fraction of sp³-hybridized carbons (Fsp3) is 0.438. The molecule has 0 bridgehead atoms. The van der Waals surface area contributed by atoms with E-state index >= 15 is 0 Å². The summed E-state index contributed by atoms with van der Waals surface area (Å²) < 4.78 is 0. The first-order chi connectivity index (χ1) is 9.53. The number of aliphatic hydroxyl groups excluding tert-OH is 1. The number of hydrogen-bond donors (Lipinski definition) is 2. The van der Waals surface area contributed by atoms with Gasteiger partial charge in [-0.15, -0.1) is 0 Å². The molecule has 2 aliphatic rings. The molecule has 1 aromatic carbocycles. The number of carbonyl (C=O) groups is 1. The molecule has 1 saturated heterocycles. The van der Waals surface area contributed by atoms with Crippen molar-refractivity contribution in [3.05, 3.63) is 40.6 Å². The van der Waals surface area contributed by atoms with E-state index < -0.39 is 5.54 Å². The van der Waals surface area contributed by atoms with Gasteiger partial charge in [0.1, 0.15) is 5.76 Å². The molecule has 0 saturated carbocycles. The van der Waals surface area contributed by atoms with Gasteiger partial charge < -0.3 is 10.4 Å². The lowest BCUT2D eigenvalue weighted by molar-refractivity contribution is -0.116. The van der Waals surface area contributed by atoms with Crippen LogP contribution in [0.3, 0.4) is 0 Å². The number of nitrogens with one attached hydrogen (secondary N) is 1. The van der Waals surface area contributed by atoms with Gasteiger partial charge in [-0.3, -0.25) is 4.79 Å². The summed E-state index contributed by atoms with van der Waals surface area (Å²) in [6.07, 6.45) is 1.62. The Kier molecular flexibility index (Phi) is 3.28. The number of aryl methyl sites for hydroxylation is 2. The van der Waals surface area contributed by atoms with Crippen LogP contribution in [0.5, 0.6) is 0 Å². The largest absolute Gasteiger partial charge is 0.509 e. The molecule has 20 heavy (non-hydrogen) atoms. The summed E-state index contributed by atoms with van der Waals surface area (Å²) in [4.78, 5) is 12.4. The van der Waals surface area contributed by atoms with Gasteiger partial charge in [-0.1, -0.05) is 23.8 Å². The van der Waals surface area contributed by atoms with Crippen molar-refractivity contribution in [3.8, 4) is 0 Å². The minimum Gasteiger partial charge on any atom is -0.509 e. The third kappa shape index (κ3) is 2.03. The number of aliphatic hydroxyl groups is 1. The van der Waals surface area contributed by atoms with E-state index in [4.69, 9.17) is 0 Å². The highest BCUT2D eigenvalue weighted by atomic mass is 32.2. The van der Waals surface area contributed by atoms with Crippen LogP contribution in [0.2, 0.25) is 0 Å². The smallest absolute Gasteiger partial charge is 0.256 e. The monoisotopic (exact) mass is 289 g/mol. The van der Waals surface area contributed by atoms with Crippen LogP contribution in [-0.2, 0) is 4.79 Å². The van der Waals surface area contributed by atoms with Gasteiger partial charge in [-0.2, -0.15) is 11.8 Å². The van der Waals surface area contributed by atoms with Gasteiger partial charge in [-0.05, 0) is 49.3 Å². The molecule has 2 N–H and O–H groups in total. The Hall–Kier alpha value is -1.42. The summed E-state index contributed by atoms with van der Waals surface area (Å²) in [7, 11) is 0. The number of thioether (sulfide) groups is 1. The molecule has 3 rings (SSSR count). The molecule has 1 spiro atoms. The van der Waals surface area contributed by atoms with Crippen LogP contribution in [-0.4, -0.2) is 28.1 Å². The molecule has 4 heteroatoms. The van der Waals surface area contributed by atoms with Crippen LogP contribution < -0.4 is 5.32 Å².